The number of hydrogen-bond donors (Lipinski definition) is 1. The van der Waals surface area contributed by atoms with Gasteiger partial charge in [-0.2, -0.15) is 13.2 Å². The van der Waals surface area contributed by atoms with Gasteiger partial charge < -0.3 is 10.1 Å². The molecule has 3 rings (SSSR count). The van der Waals surface area contributed by atoms with Gasteiger partial charge in [-0.1, -0.05) is 48.5 Å². The van der Waals surface area contributed by atoms with Crippen LogP contribution in [0, 0.1) is 0 Å². The minimum Gasteiger partial charge on any atom is -0.481 e. The largest absolute Gasteiger partial charge is 0.481 e. The van der Waals surface area contributed by atoms with Crippen molar-refractivity contribution in [3.63, 3.8) is 0 Å². The van der Waals surface area contributed by atoms with Crippen molar-refractivity contribution in [2.24, 2.45) is 0 Å². The van der Waals surface area contributed by atoms with Gasteiger partial charge in [0.2, 0.25) is 0 Å². The van der Waals surface area contributed by atoms with Gasteiger partial charge in [0.05, 0.1) is 5.56 Å². The van der Waals surface area contributed by atoms with E-state index in [1.165, 1.54) is 19.1 Å². The summed E-state index contributed by atoms with van der Waals surface area (Å²) in [6.45, 7) is 1.54. The Morgan fingerprint density at radius 3 is 2.14 bits per heavy atom. The first-order valence-corrected chi connectivity index (χ1v) is 8.64. The molecule has 0 saturated heterocycles. The number of rotatable bonds is 5. The fourth-order valence-corrected chi connectivity index (χ4v) is 2.68. The van der Waals surface area contributed by atoms with E-state index in [9.17, 15) is 18.0 Å². The van der Waals surface area contributed by atoms with Gasteiger partial charge in [-0.25, -0.2) is 0 Å². The highest BCUT2D eigenvalue weighted by Gasteiger charge is 2.30. The first-order valence-electron chi connectivity index (χ1n) is 8.64. The maximum absolute atomic E-state index is 12.6. The third-order valence-corrected chi connectivity index (χ3v) is 4.13. The monoisotopic (exact) mass is 385 g/mol. The van der Waals surface area contributed by atoms with E-state index in [2.05, 4.69) is 5.32 Å². The van der Waals surface area contributed by atoms with Crippen LogP contribution in [-0.4, -0.2) is 12.0 Å². The van der Waals surface area contributed by atoms with E-state index >= 15 is 0 Å². The van der Waals surface area contributed by atoms with E-state index < -0.39 is 23.8 Å². The lowest BCUT2D eigenvalue weighted by Gasteiger charge is -2.17. The molecule has 0 bridgehead atoms. The summed E-state index contributed by atoms with van der Waals surface area (Å²) in [5, 5.41) is 2.82. The number of anilines is 1. The first kappa shape index (κ1) is 19.5. The molecule has 3 aromatic rings. The molecule has 6 heteroatoms. The van der Waals surface area contributed by atoms with Gasteiger partial charge in [-0.15, -0.1) is 0 Å². The summed E-state index contributed by atoms with van der Waals surface area (Å²) < 4.78 is 43.4. The Hall–Kier alpha value is -3.28. The third-order valence-electron chi connectivity index (χ3n) is 4.13. The van der Waals surface area contributed by atoms with Crippen LogP contribution in [0.5, 0.6) is 5.75 Å². The molecule has 0 aliphatic carbocycles. The Morgan fingerprint density at radius 2 is 1.50 bits per heavy atom. The van der Waals surface area contributed by atoms with Crippen LogP contribution in [0.2, 0.25) is 0 Å². The topological polar surface area (TPSA) is 38.3 Å². The van der Waals surface area contributed by atoms with Crippen molar-refractivity contribution < 1.29 is 22.7 Å². The van der Waals surface area contributed by atoms with Crippen molar-refractivity contribution in [3.05, 3.63) is 84.4 Å². The zero-order valence-corrected chi connectivity index (χ0v) is 15.0. The van der Waals surface area contributed by atoms with Gasteiger partial charge in [0, 0.05) is 11.3 Å². The number of hydrogen-bond acceptors (Lipinski definition) is 2. The highest BCUT2D eigenvalue weighted by Crippen LogP contribution is 2.31. The number of ether oxygens (including phenoxy) is 1. The summed E-state index contributed by atoms with van der Waals surface area (Å²) >= 11 is 0. The highest BCUT2D eigenvalue weighted by atomic mass is 19.4. The number of nitrogens with one attached hydrogen (secondary N) is 1. The van der Waals surface area contributed by atoms with E-state index in [1.54, 1.807) is 6.07 Å². The van der Waals surface area contributed by atoms with Crippen LogP contribution >= 0.6 is 0 Å². The molecule has 3 aromatic carbocycles. The van der Waals surface area contributed by atoms with Crippen molar-refractivity contribution in [2.45, 2.75) is 19.2 Å². The molecular formula is C22H18F3NO2. The molecule has 0 aromatic heterocycles. The molecule has 3 nitrogen and oxygen atoms in total. The van der Waals surface area contributed by atoms with Crippen LogP contribution in [0.25, 0.3) is 11.1 Å². The molecule has 0 aliphatic heterocycles. The lowest BCUT2D eigenvalue weighted by Crippen LogP contribution is -2.30. The predicted molar refractivity (Wildman–Crippen MR) is 102 cm³/mol. The SMILES string of the molecule is C[C@@H](Oc1ccc(C(F)(F)F)cc1)C(=O)Nc1ccccc1-c1ccccc1. The van der Waals surface area contributed by atoms with Crippen LogP contribution in [0.1, 0.15) is 12.5 Å². The smallest absolute Gasteiger partial charge is 0.416 e. The van der Waals surface area contributed by atoms with E-state index in [1.807, 2.05) is 48.5 Å². The summed E-state index contributed by atoms with van der Waals surface area (Å²) in [5.41, 5.74) is 1.67. The van der Waals surface area contributed by atoms with E-state index in [0.717, 1.165) is 23.3 Å². The number of halogens is 3. The molecule has 0 heterocycles. The van der Waals surface area contributed by atoms with Crippen LogP contribution in [0.4, 0.5) is 18.9 Å². The molecule has 144 valence electrons. The fourth-order valence-electron chi connectivity index (χ4n) is 2.68. The second-order valence-corrected chi connectivity index (χ2v) is 6.18. The zero-order chi connectivity index (χ0) is 20.1. The molecule has 0 radical (unpaired) electrons. The molecule has 28 heavy (non-hydrogen) atoms. The Labute approximate surface area is 160 Å². The minimum atomic E-state index is -4.41. The van der Waals surface area contributed by atoms with Gasteiger partial charge in [0.1, 0.15) is 5.75 Å². The fraction of sp³-hybridized carbons (Fsp3) is 0.136. The van der Waals surface area contributed by atoms with Gasteiger partial charge >= 0.3 is 6.18 Å². The molecule has 1 atom stereocenters. The number of alkyl halides is 3. The zero-order valence-electron chi connectivity index (χ0n) is 15.0. The average molecular weight is 385 g/mol. The lowest BCUT2D eigenvalue weighted by molar-refractivity contribution is -0.137. The van der Waals surface area contributed by atoms with Gasteiger partial charge in [-0.3, -0.25) is 4.79 Å². The Bertz CT molecular complexity index is 938. The van der Waals surface area contributed by atoms with Gasteiger partial charge in [0.15, 0.2) is 6.10 Å². The molecule has 0 unspecified atom stereocenters. The van der Waals surface area contributed by atoms with Crippen molar-refractivity contribution in [3.8, 4) is 16.9 Å². The number of benzene rings is 3. The van der Waals surface area contributed by atoms with Crippen molar-refractivity contribution in [2.75, 3.05) is 5.32 Å². The quantitative estimate of drug-likeness (QED) is 0.605. The van der Waals surface area contributed by atoms with Crippen LogP contribution in [0.15, 0.2) is 78.9 Å². The third kappa shape index (κ3) is 4.71. The van der Waals surface area contributed by atoms with Crippen LogP contribution in [0.3, 0.4) is 0 Å². The Morgan fingerprint density at radius 1 is 0.893 bits per heavy atom. The summed E-state index contributed by atoms with van der Waals surface area (Å²) in [6, 6.07) is 21.2. The predicted octanol–water partition coefficient (Wildman–Crippen LogP) is 5.78. The first-order chi connectivity index (χ1) is 13.3. The van der Waals surface area contributed by atoms with Gasteiger partial charge in [-0.05, 0) is 42.8 Å². The van der Waals surface area contributed by atoms with Crippen molar-refractivity contribution >= 4 is 11.6 Å². The van der Waals surface area contributed by atoms with E-state index in [-0.39, 0.29) is 5.75 Å². The van der Waals surface area contributed by atoms with Crippen molar-refractivity contribution in [1.82, 2.24) is 0 Å². The van der Waals surface area contributed by atoms with Gasteiger partial charge in [0.25, 0.3) is 5.91 Å². The molecular weight excluding hydrogens is 367 g/mol. The minimum absolute atomic E-state index is 0.187. The summed E-state index contributed by atoms with van der Waals surface area (Å²) in [5.74, 6) is -0.213. The number of amides is 1. The maximum atomic E-state index is 12.6. The Balaban J connectivity index is 1.70. The van der Waals surface area contributed by atoms with Crippen LogP contribution < -0.4 is 10.1 Å². The van der Waals surface area contributed by atoms with Crippen molar-refractivity contribution in [1.29, 1.82) is 0 Å². The van der Waals surface area contributed by atoms with E-state index in [0.29, 0.717) is 5.69 Å². The lowest BCUT2D eigenvalue weighted by atomic mass is 10.0. The molecule has 1 N–H and O–H groups in total. The molecule has 0 saturated carbocycles. The average Bonchev–Trinajstić information content (AvgIpc) is 2.69. The maximum Gasteiger partial charge on any atom is 0.416 e. The Kier molecular flexibility index (Phi) is 5.68. The molecule has 1 amide bonds. The number of para-hydroxylation sites is 1. The van der Waals surface area contributed by atoms with E-state index in [4.69, 9.17) is 4.74 Å². The second-order valence-electron chi connectivity index (χ2n) is 6.18. The molecule has 0 aliphatic rings. The summed E-state index contributed by atoms with van der Waals surface area (Å²) in [7, 11) is 0. The second kappa shape index (κ2) is 8.17. The summed E-state index contributed by atoms with van der Waals surface area (Å²) in [4.78, 5) is 12.5. The molecule has 0 spiro atoms. The summed E-state index contributed by atoms with van der Waals surface area (Å²) in [6.07, 6.45) is -5.30. The standard InChI is InChI=1S/C22H18F3NO2/c1-15(28-18-13-11-17(12-14-18)22(23,24)25)21(27)26-20-10-6-5-9-19(20)16-7-3-2-4-8-16/h2-15H,1H3,(H,26,27)/t15-/m1/s1. The number of carbonyl (C=O) groups is 1. The van der Waals surface area contributed by atoms with Crippen LogP contribution in [-0.2, 0) is 11.0 Å². The highest BCUT2D eigenvalue weighted by molar-refractivity contribution is 5.98. The molecule has 0 fully saturated rings. The normalized spacial score (nSPS) is 12.3. The number of carbonyl (C=O) groups excluding carboxylic acids is 1.